The molecule has 0 atom stereocenters. The quantitative estimate of drug-likeness (QED) is 0.570. The van der Waals surface area contributed by atoms with E-state index in [1.54, 1.807) is 7.11 Å². The minimum absolute atomic E-state index is 0.0865. The molecule has 0 saturated heterocycles. The fraction of sp³-hybridized carbons (Fsp3) is 0.400. The zero-order valence-electron chi connectivity index (χ0n) is 11.8. The number of hydrogen-bond donors (Lipinski definition) is 2. The molecular formula is C15H18FNO4. The van der Waals surface area contributed by atoms with Crippen LogP contribution >= 0.6 is 0 Å². The number of carbonyl (C=O) groups is 1. The highest BCUT2D eigenvalue weighted by Gasteiger charge is 2.11. The standard InChI is InChI=1S/C15H18FNO4/c1-20-9-10-21-8-6-17-15(19)13-11-12(3-2-7-18)4-5-14(13)16/h4-5,11,18H,6-10H2,1H3,(H,17,19). The molecule has 1 aromatic rings. The number of carbonyl (C=O) groups excluding carboxylic acids is 1. The number of benzene rings is 1. The molecule has 0 unspecified atom stereocenters. The lowest BCUT2D eigenvalue weighted by atomic mass is 10.1. The van der Waals surface area contributed by atoms with Crippen LogP contribution in [0.15, 0.2) is 18.2 Å². The average molecular weight is 295 g/mol. The summed E-state index contributed by atoms with van der Waals surface area (Å²) in [5.74, 6) is 3.91. The van der Waals surface area contributed by atoms with Gasteiger partial charge in [-0.15, -0.1) is 0 Å². The van der Waals surface area contributed by atoms with Crippen molar-refractivity contribution in [1.82, 2.24) is 5.32 Å². The van der Waals surface area contributed by atoms with Gasteiger partial charge < -0.3 is 19.9 Å². The predicted molar refractivity (Wildman–Crippen MR) is 75.4 cm³/mol. The molecule has 0 radical (unpaired) electrons. The van der Waals surface area contributed by atoms with Crippen LogP contribution in [0.4, 0.5) is 4.39 Å². The number of ether oxygens (including phenoxy) is 2. The van der Waals surface area contributed by atoms with Crippen LogP contribution in [0, 0.1) is 17.7 Å². The van der Waals surface area contributed by atoms with Gasteiger partial charge in [-0.05, 0) is 18.2 Å². The SMILES string of the molecule is COCCOCCNC(=O)c1cc(C#CCO)ccc1F. The van der Waals surface area contributed by atoms with Gasteiger partial charge in [0.05, 0.1) is 25.4 Å². The topological polar surface area (TPSA) is 67.8 Å². The van der Waals surface area contributed by atoms with Crippen LogP contribution in [0.3, 0.4) is 0 Å². The Hall–Kier alpha value is -1.94. The van der Waals surface area contributed by atoms with Crippen molar-refractivity contribution in [2.75, 3.05) is 40.1 Å². The predicted octanol–water partition coefficient (Wildman–Crippen LogP) is 0.562. The number of methoxy groups -OCH3 is 1. The smallest absolute Gasteiger partial charge is 0.254 e. The van der Waals surface area contributed by atoms with Crippen molar-refractivity contribution >= 4 is 5.91 Å². The summed E-state index contributed by atoms with van der Waals surface area (Å²) in [6.07, 6.45) is 0. The fourth-order valence-electron chi connectivity index (χ4n) is 1.49. The zero-order valence-corrected chi connectivity index (χ0v) is 11.8. The van der Waals surface area contributed by atoms with Gasteiger partial charge in [-0.1, -0.05) is 11.8 Å². The highest BCUT2D eigenvalue weighted by molar-refractivity contribution is 5.94. The molecule has 0 heterocycles. The summed E-state index contributed by atoms with van der Waals surface area (Å²) in [5.41, 5.74) is 0.378. The second kappa shape index (κ2) is 9.88. The van der Waals surface area contributed by atoms with E-state index in [1.807, 2.05) is 0 Å². The number of aliphatic hydroxyl groups excluding tert-OH is 1. The molecule has 5 nitrogen and oxygen atoms in total. The first-order valence-corrected chi connectivity index (χ1v) is 6.43. The van der Waals surface area contributed by atoms with Crippen molar-refractivity contribution in [2.45, 2.75) is 0 Å². The van der Waals surface area contributed by atoms with Crippen LogP contribution in [0.5, 0.6) is 0 Å². The summed E-state index contributed by atoms with van der Waals surface area (Å²) in [5, 5.41) is 11.2. The molecule has 0 aliphatic rings. The van der Waals surface area contributed by atoms with Crippen LogP contribution in [0.2, 0.25) is 0 Å². The first-order chi connectivity index (χ1) is 10.2. The van der Waals surface area contributed by atoms with E-state index in [4.69, 9.17) is 14.6 Å². The maximum Gasteiger partial charge on any atom is 0.254 e. The van der Waals surface area contributed by atoms with Crippen LogP contribution in [-0.2, 0) is 9.47 Å². The molecule has 0 saturated carbocycles. The highest BCUT2D eigenvalue weighted by Crippen LogP contribution is 2.09. The summed E-state index contributed by atoms with van der Waals surface area (Å²) < 4.78 is 23.6. The molecule has 0 spiro atoms. The minimum Gasteiger partial charge on any atom is -0.384 e. The van der Waals surface area contributed by atoms with Crippen LogP contribution in [0.1, 0.15) is 15.9 Å². The van der Waals surface area contributed by atoms with E-state index in [-0.39, 0.29) is 18.7 Å². The molecule has 2 N–H and O–H groups in total. The van der Waals surface area contributed by atoms with E-state index >= 15 is 0 Å². The maximum atomic E-state index is 13.6. The molecule has 0 aromatic heterocycles. The van der Waals surface area contributed by atoms with E-state index in [1.165, 1.54) is 18.2 Å². The minimum atomic E-state index is -0.623. The summed E-state index contributed by atoms with van der Waals surface area (Å²) in [7, 11) is 1.57. The van der Waals surface area contributed by atoms with Gasteiger partial charge in [0, 0.05) is 19.2 Å². The van der Waals surface area contributed by atoms with Gasteiger partial charge >= 0.3 is 0 Å². The molecule has 0 aliphatic heterocycles. The average Bonchev–Trinajstić information content (AvgIpc) is 2.49. The Kier molecular flexibility index (Phi) is 8.05. The first-order valence-electron chi connectivity index (χ1n) is 6.43. The summed E-state index contributed by atoms with van der Waals surface area (Å²) >= 11 is 0. The first kappa shape index (κ1) is 17.1. The summed E-state index contributed by atoms with van der Waals surface area (Å²) in [4.78, 5) is 11.9. The van der Waals surface area contributed by atoms with Crippen molar-refractivity contribution in [3.8, 4) is 11.8 Å². The molecule has 0 fully saturated rings. The van der Waals surface area contributed by atoms with Gasteiger partial charge in [-0.2, -0.15) is 0 Å². The molecule has 1 amide bonds. The largest absolute Gasteiger partial charge is 0.384 e. The van der Waals surface area contributed by atoms with Crippen LogP contribution in [0.25, 0.3) is 0 Å². The molecule has 114 valence electrons. The molecule has 0 bridgehead atoms. The van der Waals surface area contributed by atoms with Gasteiger partial charge in [0.25, 0.3) is 5.91 Å². The number of hydrogen-bond acceptors (Lipinski definition) is 4. The monoisotopic (exact) mass is 295 g/mol. The van der Waals surface area contributed by atoms with Crippen molar-refractivity contribution < 1.29 is 23.8 Å². The van der Waals surface area contributed by atoms with E-state index in [0.717, 1.165) is 0 Å². The van der Waals surface area contributed by atoms with Crippen molar-refractivity contribution in [3.63, 3.8) is 0 Å². The van der Waals surface area contributed by atoms with E-state index in [0.29, 0.717) is 25.4 Å². The van der Waals surface area contributed by atoms with Gasteiger partial charge in [0.15, 0.2) is 0 Å². The number of nitrogens with one attached hydrogen (secondary N) is 1. The Morgan fingerprint density at radius 3 is 2.90 bits per heavy atom. The van der Waals surface area contributed by atoms with Gasteiger partial charge in [0.2, 0.25) is 0 Å². The summed E-state index contributed by atoms with van der Waals surface area (Å²) in [6.45, 7) is 1.22. The zero-order chi connectivity index (χ0) is 15.5. The molecule has 21 heavy (non-hydrogen) atoms. The number of rotatable bonds is 7. The van der Waals surface area contributed by atoms with E-state index < -0.39 is 11.7 Å². The third-order valence-corrected chi connectivity index (χ3v) is 2.49. The number of halogens is 1. The van der Waals surface area contributed by atoms with Gasteiger partial charge in [-0.3, -0.25) is 4.79 Å². The molecule has 1 rings (SSSR count). The van der Waals surface area contributed by atoms with Gasteiger partial charge in [-0.25, -0.2) is 4.39 Å². The lowest BCUT2D eigenvalue weighted by Gasteiger charge is -2.07. The number of amides is 1. The Balaban J connectivity index is 2.53. The molecule has 1 aromatic carbocycles. The molecular weight excluding hydrogens is 277 g/mol. The Morgan fingerprint density at radius 2 is 2.19 bits per heavy atom. The Morgan fingerprint density at radius 1 is 1.38 bits per heavy atom. The summed E-state index contributed by atoms with van der Waals surface area (Å²) in [6, 6.07) is 3.97. The van der Waals surface area contributed by atoms with Crippen molar-refractivity contribution in [1.29, 1.82) is 0 Å². The lowest BCUT2D eigenvalue weighted by Crippen LogP contribution is -2.28. The second-order valence-corrected chi connectivity index (χ2v) is 4.02. The normalized spacial score (nSPS) is 9.86. The maximum absolute atomic E-state index is 13.6. The van der Waals surface area contributed by atoms with Gasteiger partial charge in [0.1, 0.15) is 12.4 Å². The van der Waals surface area contributed by atoms with E-state index in [2.05, 4.69) is 17.2 Å². The fourth-order valence-corrected chi connectivity index (χ4v) is 1.49. The Bertz CT molecular complexity index is 522. The third-order valence-electron chi connectivity index (χ3n) is 2.49. The molecule has 0 aliphatic carbocycles. The second-order valence-electron chi connectivity index (χ2n) is 4.02. The van der Waals surface area contributed by atoms with Crippen molar-refractivity contribution in [2.24, 2.45) is 0 Å². The Labute approximate surface area is 123 Å². The lowest BCUT2D eigenvalue weighted by molar-refractivity contribution is 0.0692. The third kappa shape index (κ3) is 6.36. The van der Waals surface area contributed by atoms with Crippen LogP contribution in [-0.4, -0.2) is 51.1 Å². The van der Waals surface area contributed by atoms with E-state index in [9.17, 15) is 9.18 Å². The van der Waals surface area contributed by atoms with Crippen LogP contribution < -0.4 is 5.32 Å². The van der Waals surface area contributed by atoms with Crippen molar-refractivity contribution in [3.05, 3.63) is 35.1 Å². The number of aliphatic hydroxyl groups is 1. The highest BCUT2D eigenvalue weighted by atomic mass is 19.1. The molecule has 6 heteroatoms.